The van der Waals surface area contributed by atoms with Crippen LogP contribution in [-0.2, 0) is 13.1 Å². The van der Waals surface area contributed by atoms with Gasteiger partial charge in [-0.3, -0.25) is 14.2 Å². The Labute approximate surface area is 162 Å². The lowest BCUT2D eigenvalue weighted by atomic mass is 10.2. The summed E-state index contributed by atoms with van der Waals surface area (Å²) in [6, 6.07) is 5.41. The van der Waals surface area contributed by atoms with E-state index in [1.165, 1.54) is 0 Å². The van der Waals surface area contributed by atoms with Crippen LogP contribution in [0, 0.1) is 0 Å². The van der Waals surface area contributed by atoms with E-state index in [0.717, 1.165) is 5.56 Å². The van der Waals surface area contributed by atoms with Crippen LogP contribution in [0.25, 0.3) is 0 Å². The zero-order valence-electron chi connectivity index (χ0n) is 13.2. The Morgan fingerprint density at radius 1 is 1.24 bits per heavy atom. The maximum absolute atomic E-state index is 12.3. The van der Waals surface area contributed by atoms with Crippen LogP contribution in [0.3, 0.4) is 0 Å². The first-order chi connectivity index (χ1) is 12.0. The summed E-state index contributed by atoms with van der Waals surface area (Å²) in [7, 11) is 0. The van der Waals surface area contributed by atoms with Crippen LogP contribution in [0.5, 0.6) is 0 Å². The van der Waals surface area contributed by atoms with Crippen LogP contribution >= 0.6 is 39.1 Å². The first-order valence-electron chi connectivity index (χ1n) is 7.47. The van der Waals surface area contributed by atoms with Gasteiger partial charge in [0.15, 0.2) is 5.69 Å². The molecular weight excluding hydrogens is 429 g/mol. The number of hydrogen-bond acceptors (Lipinski definition) is 3. The number of carbonyl (C=O) groups excluding carboxylic acids is 1. The number of amides is 1. The van der Waals surface area contributed by atoms with Crippen molar-refractivity contribution in [3.63, 3.8) is 0 Å². The SMILES string of the molecule is CCn1cc(Br)c(C(=O)Nc2cnn(Cc3ccc(Cl)c(Cl)c3)c2)n1. The molecule has 0 atom stereocenters. The Kier molecular flexibility index (Phi) is 5.46. The van der Waals surface area contributed by atoms with Gasteiger partial charge in [0.05, 0.1) is 32.9 Å². The number of halogens is 3. The molecule has 6 nitrogen and oxygen atoms in total. The molecule has 0 aliphatic carbocycles. The van der Waals surface area contributed by atoms with Crippen molar-refractivity contribution in [2.75, 3.05) is 5.32 Å². The van der Waals surface area contributed by atoms with Crippen LogP contribution < -0.4 is 5.32 Å². The van der Waals surface area contributed by atoms with Gasteiger partial charge >= 0.3 is 0 Å². The highest BCUT2D eigenvalue weighted by atomic mass is 79.9. The highest BCUT2D eigenvalue weighted by molar-refractivity contribution is 9.10. The summed E-state index contributed by atoms with van der Waals surface area (Å²) in [5.74, 6) is -0.298. The normalized spacial score (nSPS) is 10.9. The number of hydrogen-bond donors (Lipinski definition) is 1. The van der Waals surface area contributed by atoms with Gasteiger partial charge in [-0.1, -0.05) is 29.3 Å². The zero-order chi connectivity index (χ0) is 18.0. The third-order valence-electron chi connectivity index (χ3n) is 3.48. The van der Waals surface area contributed by atoms with Crippen molar-refractivity contribution in [3.8, 4) is 0 Å². The fraction of sp³-hybridized carbons (Fsp3) is 0.188. The molecule has 2 aromatic heterocycles. The minimum Gasteiger partial charge on any atom is -0.318 e. The molecule has 130 valence electrons. The molecule has 0 spiro atoms. The van der Waals surface area contributed by atoms with Crippen molar-refractivity contribution >= 4 is 50.7 Å². The van der Waals surface area contributed by atoms with E-state index in [4.69, 9.17) is 23.2 Å². The number of aryl methyl sites for hydroxylation is 1. The van der Waals surface area contributed by atoms with Gasteiger partial charge in [0, 0.05) is 18.9 Å². The predicted molar refractivity (Wildman–Crippen MR) is 101 cm³/mol. The van der Waals surface area contributed by atoms with Crippen molar-refractivity contribution in [2.45, 2.75) is 20.0 Å². The third-order valence-corrected chi connectivity index (χ3v) is 4.80. The number of anilines is 1. The quantitative estimate of drug-likeness (QED) is 0.633. The summed E-state index contributed by atoms with van der Waals surface area (Å²) in [5.41, 5.74) is 1.88. The number of benzene rings is 1. The first-order valence-corrected chi connectivity index (χ1v) is 9.02. The van der Waals surface area contributed by atoms with Crippen molar-refractivity contribution in [1.82, 2.24) is 19.6 Å². The van der Waals surface area contributed by atoms with Gasteiger partial charge in [-0.25, -0.2) is 0 Å². The van der Waals surface area contributed by atoms with E-state index in [1.54, 1.807) is 40.1 Å². The van der Waals surface area contributed by atoms with Crippen LogP contribution in [0.1, 0.15) is 23.0 Å². The molecule has 0 radical (unpaired) electrons. The average Bonchev–Trinajstić information content (AvgIpc) is 3.17. The molecule has 0 aliphatic heterocycles. The molecule has 0 unspecified atom stereocenters. The summed E-state index contributed by atoms with van der Waals surface area (Å²) in [6.07, 6.45) is 5.09. The van der Waals surface area contributed by atoms with Crippen molar-refractivity contribution < 1.29 is 4.79 Å². The number of carbonyl (C=O) groups is 1. The third kappa shape index (κ3) is 4.23. The lowest BCUT2D eigenvalue weighted by molar-refractivity contribution is 0.102. The highest BCUT2D eigenvalue weighted by Gasteiger charge is 2.15. The van der Waals surface area contributed by atoms with Crippen molar-refractivity contribution in [2.24, 2.45) is 0 Å². The van der Waals surface area contributed by atoms with Gasteiger partial charge < -0.3 is 5.32 Å². The summed E-state index contributed by atoms with van der Waals surface area (Å²) >= 11 is 15.3. The Morgan fingerprint density at radius 3 is 2.72 bits per heavy atom. The Hall–Kier alpha value is -1.83. The summed E-state index contributed by atoms with van der Waals surface area (Å²) < 4.78 is 4.04. The lowest BCUT2D eigenvalue weighted by Gasteiger charge is -2.04. The van der Waals surface area contributed by atoms with Crippen molar-refractivity contribution in [3.05, 3.63) is 62.6 Å². The molecule has 2 heterocycles. The fourth-order valence-electron chi connectivity index (χ4n) is 2.24. The highest BCUT2D eigenvalue weighted by Crippen LogP contribution is 2.23. The molecule has 0 aliphatic rings. The van der Waals surface area contributed by atoms with Gasteiger partial charge in [0.25, 0.3) is 5.91 Å². The topological polar surface area (TPSA) is 64.7 Å². The molecule has 3 aromatic rings. The number of aromatic nitrogens is 4. The van der Waals surface area contributed by atoms with Gasteiger partial charge in [-0.2, -0.15) is 10.2 Å². The van der Waals surface area contributed by atoms with Gasteiger partial charge in [0.1, 0.15) is 0 Å². The van der Waals surface area contributed by atoms with Gasteiger partial charge in [0.2, 0.25) is 0 Å². The van der Waals surface area contributed by atoms with E-state index in [2.05, 4.69) is 31.4 Å². The summed E-state index contributed by atoms with van der Waals surface area (Å²) in [4.78, 5) is 12.3. The lowest BCUT2D eigenvalue weighted by Crippen LogP contribution is -2.13. The summed E-state index contributed by atoms with van der Waals surface area (Å²) in [5, 5.41) is 12.3. The second kappa shape index (κ2) is 7.59. The van der Waals surface area contributed by atoms with E-state index >= 15 is 0 Å². The van der Waals surface area contributed by atoms with E-state index in [-0.39, 0.29) is 5.91 Å². The molecule has 0 saturated carbocycles. The molecule has 0 bridgehead atoms. The molecule has 1 aromatic carbocycles. The Morgan fingerprint density at radius 2 is 2.04 bits per heavy atom. The molecule has 0 saturated heterocycles. The van der Waals surface area contributed by atoms with E-state index < -0.39 is 0 Å². The molecule has 1 amide bonds. The average molecular weight is 443 g/mol. The Balaban J connectivity index is 1.69. The molecule has 9 heteroatoms. The zero-order valence-corrected chi connectivity index (χ0v) is 16.3. The second-order valence-electron chi connectivity index (χ2n) is 5.31. The minimum absolute atomic E-state index is 0.298. The van der Waals surface area contributed by atoms with E-state index in [9.17, 15) is 4.79 Å². The van der Waals surface area contributed by atoms with Gasteiger partial charge in [-0.15, -0.1) is 0 Å². The standard InChI is InChI=1S/C16H14BrCl2N5O/c1-2-23-9-12(17)15(22-23)16(25)21-11-6-20-24(8-11)7-10-3-4-13(18)14(19)5-10/h3-6,8-9H,2,7H2,1H3,(H,21,25). The van der Waals surface area contributed by atoms with Crippen LogP contribution in [0.2, 0.25) is 10.0 Å². The molecule has 0 fully saturated rings. The van der Waals surface area contributed by atoms with Crippen molar-refractivity contribution in [1.29, 1.82) is 0 Å². The molecular formula is C16H14BrCl2N5O. The number of nitrogens with one attached hydrogen (secondary N) is 1. The van der Waals surface area contributed by atoms with E-state index in [0.29, 0.717) is 39.0 Å². The first kappa shape index (κ1) is 18.0. The fourth-order valence-corrected chi connectivity index (χ4v) is 3.06. The summed E-state index contributed by atoms with van der Waals surface area (Å²) in [6.45, 7) is 3.16. The largest absolute Gasteiger partial charge is 0.318 e. The Bertz CT molecular complexity index is 921. The predicted octanol–water partition coefficient (Wildman–Crippen LogP) is 4.47. The van der Waals surface area contributed by atoms with E-state index in [1.807, 2.05) is 13.0 Å². The number of rotatable bonds is 5. The smallest absolute Gasteiger partial charge is 0.277 e. The van der Waals surface area contributed by atoms with Crippen LogP contribution in [-0.4, -0.2) is 25.5 Å². The molecule has 25 heavy (non-hydrogen) atoms. The maximum Gasteiger partial charge on any atom is 0.277 e. The molecule has 1 N–H and O–H groups in total. The maximum atomic E-state index is 12.3. The minimum atomic E-state index is -0.298. The van der Waals surface area contributed by atoms with Crippen LogP contribution in [0.15, 0.2) is 41.3 Å². The van der Waals surface area contributed by atoms with Gasteiger partial charge in [-0.05, 0) is 40.5 Å². The van der Waals surface area contributed by atoms with Crippen LogP contribution in [0.4, 0.5) is 5.69 Å². The number of nitrogens with zero attached hydrogens (tertiary/aromatic N) is 4. The monoisotopic (exact) mass is 441 g/mol. The second-order valence-corrected chi connectivity index (χ2v) is 6.98. The molecule has 3 rings (SSSR count).